The minimum absolute atomic E-state index is 0.0452. The van der Waals surface area contributed by atoms with Gasteiger partial charge in [0, 0.05) is 45.5 Å². The Morgan fingerprint density at radius 3 is 2.39 bits per heavy atom. The van der Waals surface area contributed by atoms with E-state index in [0.29, 0.717) is 38.0 Å². The smallest absolute Gasteiger partial charge is 0.278 e. The number of aliphatic imine (C=N–C) groups is 2. The lowest BCUT2D eigenvalue weighted by Gasteiger charge is -2.39. The van der Waals surface area contributed by atoms with Crippen LogP contribution in [-0.4, -0.2) is 96.7 Å². The maximum atomic E-state index is 13.1. The summed E-state index contributed by atoms with van der Waals surface area (Å²) < 4.78 is 0. The molecule has 204 valence electrons. The first-order chi connectivity index (χ1) is 18.1. The van der Waals surface area contributed by atoms with Crippen LogP contribution in [0.2, 0.25) is 0 Å². The topological polar surface area (TPSA) is 184 Å². The Kier molecular flexibility index (Phi) is 8.07. The molecule has 8 N–H and O–H groups in total. The quantitative estimate of drug-likeness (QED) is 0.231. The average molecular weight is 544 g/mol. The predicted molar refractivity (Wildman–Crippen MR) is 147 cm³/mol. The summed E-state index contributed by atoms with van der Waals surface area (Å²) in [7, 11) is 2.11. The molecule has 4 rings (SSSR count). The van der Waals surface area contributed by atoms with E-state index in [1.54, 1.807) is 6.20 Å². The molecule has 1 spiro atoms. The number of likely N-dealkylation sites (N-methyl/N-ethyl adjacent to an activating group) is 1. The summed E-state index contributed by atoms with van der Waals surface area (Å²) >= 11 is 5.84. The number of hydrogen-bond acceptors (Lipinski definition) is 11. The van der Waals surface area contributed by atoms with Crippen LogP contribution in [-0.2, 0) is 4.79 Å². The fraction of sp³-hybridized carbons (Fsp3) is 0.458. The van der Waals surface area contributed by atoms with E-state index in [1.165, 1.54) is 0 Å². The number of amides is 2. The van der Waals surface area contributed by atoms with Gasteiger partial charge in [0.15, 0.2) is 16.8 Å². The Labute approximate surface area is 226 Å². The van der Waals surface area contributed by atoms with Crippen molar-refractivity contribution in [1.82, 2.24) is 25.4 Å². The third kappa shape index (κ3) is 6.17. The summed E-state index contributed by atoms with van der Waals surface area (Å²) in [6.07, 6.45) is 2.99. The molecular formula is C24H34ClN11O2. The van der Waals surface area contributed by atoms with Crippen molar-refractivity contribution < 1.29 is 9.59 Å². The van der Waals surface area contributed by atoms with Crippen molar-refractivity contribution in [3.05, 3.63) is 47.1 Å². The second-order valence-electron chi connectivity index (χ2n) is 9.74. The highest BCUT2D eigenvalue weighted by atomic mass is 35.5. The van der Waals surface area contributed by atoms with Gasteiger partial charge in [-0.05, 0) is 32.0 Å². The zero-order valence-electron chi connectivity index (χ0n) is 21.4. The molecule has 1 aromatic rings. The molecular weight excluding hydrogens is 510 g/mol. The molecule has 3 aliphatic heterocycles. The number of anilines is 1. The number of aromatic nitrogens is 1. The van der Waals surface area contributed by atoms with Gasteiger partial charge in [0.25, 0.3) is 11.8 Å². The van der Waals surface area contributed by atoms with Crippen molar-refractivity contribution in [3.63, 3.8) is 0 Å². The van der Waals surface area contributed by atoms with E-state index in [-0.39, 0.29) is 39.8 Å². The van der Waals surface area contributed by atoms with Gasteiger partial charge in [-0.15, -0.1) is 0 Å². The van der Waals surface area contributed by atoms with E-state index in [0.717, 1.165) is 32.0 Å². The summed E-state index contributed by atoms with van der Waals surface area (Å²) in [5.74, 6) is 0.228. The van der Waals surface area contributed by atoms with E-state index in [9.17, 15) is 9.59 Å². The maximum Gasteiger partial charge on any atom is 0.278 e. The molecule has 4 heterocycles. The number of nitrogens with one attached hydrogen (secondary N) is 2. The minimum atomic E-state index is -0.652. The van der Waals surface area contributed by atoms with Gasteiger partial charge in [-0.2, -0.15) is 0 Å². The number of nitrogens with two attached hydrogens (primary N) is 3. The molecule has 2 amide bonds. The Balaban J connectivity index is 1.30. The summed E-state index contributed by atoms with van der Waals surface area (Å²) in [6.45, 7) is 8.92. The fourth-order valence-corrected chi connectivity index (χ4v) is 4.65. The van der Waals surface area contributed by atoms with Gasteiger partial charge in [-0.25, -0.2) is 9.98 Å². The van der Waals surface area contributed by atoms with Gasteiger partial charge in [-0.1, -0.05) is 18.2 Å². The number of nitrogens with zero attached hydrogens (tertiary/aromatic N) is 6. The number of carbonyl (C=O) groups is 2. The van der Waals surface area contributed by atoms with E-state index in [2.05, 4.69) is 49.0 Å². The van der Waals surface area contributed by atoms with Crippen LogP contribution < -0.4 is 32.7 Å². The highest BCUT2D eigenvalue weighted by molar-refractivity contribution is 6.48. The number of carbonyl (C=O) groups excluding carboxylic acids is 2. The first-order valence-corrected chi connectivity index (χ1v) is 12.7. The van der Waals surface area contributed by atoms with E-state index in [1.807, 2.05) is 17.0 Å². The molecule has 1 aromatic heterocycles. The first-order valence-electron chi connectivity index (χ1n) is 12.3. The molecule has 0 aliphatic carbocycles. The monoisotopic (exact) mass is 543 g/mol. The van der Waals surface area contributed by atoms with Crippen molar-refractivity contribution in [2.24, 2.45) is 27.2 Å². The minimum Gasteiger partial charge on any atom is -0.397 e. The van der Waals surface area contributed by atoms with Crippen molar-refractivity contribution in [3.8, 4) is 0 Å². The lowest BCUT2D eigenvalue weighted by atomic mass is 9.88. The average Bonchev–Trinajstić information content (AvgIpc) is 3.28. The van der Waals surface area contributed by atoms with Crippen LogP contribution in [0.25, 0.3) is 0 Å². The van der Waals surface area contributed by atoms with Crippen molar-refractivity contribution in [1.29, 1.82) is 0 Å². The Morgan fingerprint density at radius 1 is 1.13 bits per heavy atom. The number of guanidine groups is 1. The van der Waals surface area contributed by atoms with Crippen molar-refractivity contribution in [2.75, 3.05) is 57.8 Å². The normalized spacial score (nSPS) is 19.5. The van der Waals surface area contributed by atoms with Crippen LogP contribution in [0.4, 0.5) is 5.82 Å². The molecule has 0 bridgehead atoms. The third-order valence-electron chi connectivity index (χ3n) is 6.95. The van der Waals surface area contributed by atoms with Crippen LogP contribution in [0.15, 0.2) is 51.6 Å². The molecule has 38 heavy (non-hydrogen) atoms. The maximum absolute atomic E-state index is 13.1. The number of piperidine rings is 1. The van der Waals surface area contributed by atoms with E-state index in [4.69, 9.17) is 28.8 Å². The SMILES string of the molecule is C=C(N)C(=NC(Cl)=C(N)N)C(=O)NC1=NCC2(CCN(C(=O)c3ccc(N4CCN(C)CC4)nc3)CC2)N1. The molecule has 14 heteroatoms. The number of piperazine rings is 1. The lowest BCUT2D eigenvalue weighted by Crippen LogP contribution is -2.57. The number of halogens is 1. The van der Waals surface area contributed by atoms with Gasteiger partial charge in [0.2, 0.25) is 0 Å². The van der Waals surface area contributed by atoms with Crippen molar-refractivity contribution in [2.45, 2.75) is 18.4 Å². The van der Waals surface area contributed by atoms with Gasteiger partial charge in [0.05, 0.1) is 23.3 Å². The van der Waals surface area contributed by atoms with E-state index < -0.39 is 5.91 Å². The molecule has 13 nitrogen and oxygen atoms in total. The Hall–Kier alpha value is -3.84. The van der Waals surface area contributed by atoms with Crippen LogP contribution >= 0.6 is 11.6 Å². The summed E-state index contributed by atoms with van der Waals surface area (Å²) in [5.41, 5.74) is 16.4. The van der Waals surface area contributed by atoms with Gasteiger partial charge < -0.3 is 37.2 Å². The van der Waals surface area contributed by atoms with Crippen LogP contribution in [0.3, 0.4) is 0 Å². The van der Waals surface area contributed by atoms with Crippen LogP contribution in [0.5, 0.6) is 0 Å². The third-order valence-corrected chi connectivity index (χ3v) is 7.26. The predicted octanol–water partition coefficient (Wildman–Crippen LogP) is -0.920. The molecule has 0 aromatic carbocycles. The molecule has 2 fully saturated rings. The molecule has 0 radical (unpaired) electrons. The number of likely N-dealkylation sites (tertiary alicyclic amines) is 1. The number of rotatable bonds is 5. The zero-order valence-corrected chi connectivity index (χ0v) is 22.2. The number of pyridine rings is 1. The zero-order chi connectivity index (χ0) is 27.4. The number of hydrogen-bond donors (Lipinski definition) is 5. The second kappa shape index (κ2) is 11.3. The summed E-state index contributed by atoms with van der Waals surface area (Å²) in [6, 6.07) is 3.77. The lowest BCUT2D eigenvalue weighted by molar-refractivity contribution is -0.113. The molecule has 3 aliphatic rings. The molecule has 0 atom stereocenters. The van der Waals surface area contributed by atoms with Crippen molar-refractivity contribution >= 4 is 40.9 Å². The summed E-state index contributed by atoms with van der Waals surface area (Å²) in [4.78, 5) is 45.0. The first kappa shape index (κ1) is 27.2. The highest BCUT2D eigenvalue weighted by Crippen LogP contribution is 2.27. The van der Waals surface area contributed by atoms with Gasteiger partial charge in [0.1, 0.15) is 11.6 Å². The highest BCUT2D eigenvalue weighted by Gasteiger charge is 2.40. The fourth-order valence-electron chi connectivity index (χ4n) is 4.57. The molecule has 0 unspecified atom stereocenters. The molecule has 2 saturated heterocycles. The Morgan fingerprint density at radius 2 is 1.82 bits per heavy atom. The molecule has 0 saturated carbocycles. The van der Waals surface area contributed by atoms with Gasteiger partial charge >= 0.3 is 0 Å². The van der Waals surface area contributed by atoms with Gasteiger partial charge in [-0.3, -0.25) is 19.9 Å². The standard InChI is InChI=1S/C24H34ClN11O2/c1-15(26)18(31-19(25)20(27)28)21(37)32-23-30-14-24(33-23)5-7-36(8-6-24)22(38)16-3-4-17(29-13-16)35-11-9-34(2)10-12-35/h3-4,13H,1,5-12,14,26-28H2,2H3,(H2,30,32,33,37). The van der Waals surface area contributed by atoms with Crippen LogP contribution in [0.1, 0.15) is 23.2 Å². The second-order valence-corrected chi connectivity index (χ2v) is 10.1. The largest absolute Gasteiger partial charge is 0.397 e. The Bertz CT molecular complexity index is 1170. The summed E-state index contributed by atoms with van der Waals surface area (Å²) in [5, 5.41) is 5.67. The van der Waals surface area contributed by atoms with E-state index >= 15 is 0 Å². The van der Waals surface area contributed by atoms with Crippen LogP contribution in [0, 0.1) is 0 Å².